The summed E-state index contributed by atoms with van der Waals surface area (Å²) in [5.41, 5.74) is 8.04. The molecule has 0 bridgehead atoms. The molecule has 1 aromatic carbocycles. The van der Waals surface area contributed by atoms with Crippen molar-refractivity contribution in [3.63, 3.8) is 0 Å². The molecular formula is C25H31BrN4O4. The first-order chi connectivity index (χ1) is 16.2. The molecule has 3 aliphatic rings. The largest absolute Gasteiger partial charge is 0.480 e. The van der Waals surface area contributed by atoms with Crippen LogP contribution < -0.4 is 16.4 Å². The predicted molar refractivity (Wildman–Crippen MR) is 134 cm³/mol. The number of carboxylic acids is 1. The molecular weight excluding hydrogens is 500 g/mol. The molecule has 0 radical (unpaired) electrons. The summed E-state index contributed by atoms with van der Waals surface area (Å²) in [4.78, 5) is 40.0. The molecule has 5 N–H and O–H groups in total. The van der Waals surface area contributed by atoms with Crippen LogP contribution in [-0.2, 0) is 14.4 Å². The molecule has 2 amide bonds. The lowest BCUT2D eigenvalue weighted by Gasteiger charge is -2.43. The van der Waals surface area contributed by atoms with E-state index in [1.165, 1.54) is 0 Å². The lowest BCUT2D eigenvalue weighted by atomic mass is 9.75. The number of carbonyl (C=O) groups excluding carboxylic acids is 2. The fourth-order valence-electron chi connectivity index (χ4n) is 5.82. The molecule has 182 valence electrons. The Bertz CT molecular complexity index is 1090. The maximum atomic E-state index is 13.0. The first-order valence-corrected chi connectivity index (χ1v) is 12.6. The van der Waals surface area contributed by atoms with E-state index in [-0.39, 0.29) is 12.3 Å². The van der Waals surface area contributed by atoms with Crippen LogP contribution in [0.3, 0.4) is 0 Å². The Hall–Kier alpha value is -2.49. The summed E-state index contributed by atoms with van der Waals surface area (Å²) in [6.45, 7) is 5.08. The summed E-state index contributed by atoms with van der Waals surface area (Å²) in [5, 5.41) is 17.0. The number of benzene rings is 1. The van der Waals surface area contributed by atoms with Gasteiger partial charge in [-0.2, -0.15) is 0 Å². The fourth-order valence-corrected chi connectivity index (χ4v) is 6.18. The van der Waals surface area contributed by atoms with Crippen molar-refractivity contribution < 1.29 is 19.5 Å². The third-order valence-electron chi connectivity index (χ3n) is 7.33. The van der Waals surface area contributed by atoms with Crippen LogP contribution in [0.25, 0.3) is 5.57 Å². The van der Waals surface area contributed by atoms with Gasteiger partial charge in [-0.1, -0.05) is 29.8 Å². The summed E-state index contributed by atoms with van der Waals surface area (Å²) in [5.74, 6) is -1.76. The minimum absolute atomic E-state index is 0.0721. The van der Waals surface area contributed by atoms with E-state index in [0.29, 0.717) is 25.1 Å². The molecule has 34 heavy (non-hydrogen) atoms. The van der Waals surface area contributed by atoms with E-state index in [2.05, 4.69) is 26.6 Å². The van der Waals surface area contributed by atoms with Gasteiger partial charge >= 0.3 is 5.97 Å². The number of hydrogen-bond acceptors (Lipinski definition) is 5. The Morgan fingerprint density at radius 3 is 2.65 bits per heavy atom. The topological polar surface area (TPSA) is 125 Å². The maximum absolute atomic E-state index is 13.0. The fraction of sp³-hybridized carbons (Fsp3) is 0.480. The Morgan fingerprint density at radius 2 is 2.00 bits per heavy atom. The van der Waals surface area contributed by atoms with Gasteiger partial charge in [0.25, 0.3) is 5.91 Å². The number of amides is 2. The molecule has 8 nitrogen and oxygen atoms in total. The average Bonchev–Trinajstić information content (AvgIpc) is 3.29. The molecule has 0 fully saturated rings. The van der Waals surface area contributed by atoms with E-state index in [4.69, 9.17) is 5.73 Å². The van der Waals surface area contributed by atoms with Crippen LogP contribution in [0.4, 0.5) is 5.69 Å². The lowest BCUT2D eigenvalue weighted by molar-refractivity contribution is -0.146. The molecule has 1 aromatic rings. The summed E-state index contributed by atoms with van der Waals surface area (Å²) in [6.07, 6.45) is 5.01. The second-order valence-corrected chi connectivity index (χ2v) is 9.99. The minimum Gasteiger partial charge on any atom is -0.480 e. The van der Waals surface area contributed by atoms with Crippen molar-refractivity contribution in [3.8, 4) is 0 Å². The van der Waals surface area contributed by atoms with Gasteiger partial charge in [0, 0.05) is 33.8 Å². The second-order valence-electron chi connectivity index (χ2n) is 9.08. The Morgan fingerprint density at radius 1 is 1.29 bits per heavy atom. The molecule has 1 aliphatic carbocycles. The molecule has 0 spiro atoms. The number of carboxylic acid groups (broad SMARTS) is 1. The van der Waals surface area contributed by atoms with Crippen molar-refractivity contribution >= 4 is 45.0 Å². The summed E-state index contributed by atoms with van der Waals surface area (Å²) >= 11 is 3.47. The zero-order chi connectivity index (χ0) is 24.6. The smallest absolute Gasteiger partial charge is 0.329 e. The zero-order valence-electron chi connectivity index (χ0n) is 19.5. The highest BCUT2D eigenvalue weighted by molar-refractivity contribution is 9.10. The monoisotopic (exact) mass is 530 g/mol. The van der Waals surface area contributed by atoms with Gasteiger partial charge in [-0.15, -0.1) is 0 Å². The Kier molecular flexibility index (Phi) is 6.98. The van der Waals surface area contributed by atoms with Crippen LogP contribution >= 0.6 is 15.9 Å². The van der Waals surface area contributed by atoms with Gasteiger partial charge in [-0.25, -0.2) is 4.79 Å². The minimum atomic E-state index is -1.45. The highest BCUT2D eigenvalue weighted by atomic mass is 79.9. The van der Waals surface area contributed by atoms with Gasteiger partial charge in [-0.3, -0.25) is 19.8 Å². The molecule has 3 atom stereocenters. The first kappa shape index (κ1) is 24.6. The van der Waals surface area contributed by atoms with Crippen LogP contribution in [0.5, 0.6) is 0 Å². The number of likely N-dealkylation sites (N-methyl/N-ethyl adjacent to an activating group) is 1. The molecule has 0 aromatic heterocycles. The third-order valence-corrected chi connectivity index (χ3v) is 7.82. The molecule has 0 saturated heterocycles. The molecule has 0 saturated carbocycles. The van der Waals surface area contributed by atoms with E-state index in [1.54, 1.807) is 0 Å². The number of hydrogen-bond donors (Lipinski definition) is 4. The van der Waals surface area contributed by atoms with E-state index in [1.807, 2.05) is 43.0 Å². The van der Waals surface area contributed by atoms with Gasteiger partial charge in [-0.05, 0) is 74.2 Å². The average molecular weight is 531 g/mol. The number of halogens is 1. The third kappa shape index (κ3) is 4.10. The van der Waals surface area contributed by atoms with E-state index >= 15 is 0 Å². The van der Waals surface area contributed by atoms with Crippen LogP contribution in [0.1, 0.15) is 51.5 Å². The molecule has 2 heterocycles. The van der Waals surface area contributed by atoms with Crippen LogP contribution in [-0.4, -0.2) is 58.5 Å². The van der Waals surface area contributed by atoms with Crippen molar-refractivity contribution in [1.82, 2.24) is 10.2 Å². The lowest BCUT2D eigenvalue weighted by Crippen LogP contribution is -2.66. The Labute approximate surface area is 207 Å². The molecule has 2 aliphatic heterocycles. The SMILES string of the molecule is CCN(CC)C(CC(N)=O)C1(C(=O)O)NC(C=C2C(=O)Nc3ccc(Br)cc32)C2=C1CCCC2. The second kappa shape index (κ2) is 9.64. The Balaban J connectivity index is 1.85. The zero-order valence-corrected chi connectivity index (χ0v) is 21.1. The summed E-state index contributed by atoms with van der Waals surface area (Å²) in [6, 6.07) is 4.54. The van der Waals surface area contributed by atoms with Crippen molar-refractivity contribution in [2.75, 3.05) is 18.4 Å². The quantitative estimate of drug-likeness (QED) is 0.302. The van der Waals surface area contributed by atoms with Crippen molar-refractivity contribution in [3.05, 3.63) is 45.5 Å². The number of primary amides is 1. The number of nitrogens with two attached hydrogens (primary N) is 1. The van der Waals surface area contributed by atoms with Crippen molar-refractivity contribution in [2.45, 2.75) is 63.6 Å². The number of nitrogens with one attached hydrogen (secondary N) is 2. The summed E-state index contributed by atoms with van der Waals surface area (Å²) < 4.78 is 0.855. The van der Waals surface area contributed by atoms with Crippen molar-refractivity contribution in [1.29, 1.82) is 0 Å². The van der Waals surface area contributed by atoms with Gasteiger partial charge in [0.15, 0.2) is 5.54 Å². The highest BCUT2D eigenvalue weighted by Gasteiger charge is 2.57. The standard InChI is InChI=1S/C25H31BrN4O4/c1-3-30(4-2)21(13-22(27)31)25(24(33)34)18-8-6-5-7-15(18)20(29-25)12-17-16-11-14(26)9-10-19(16)28-23(17)32/h9-12,20-21,29H,3-8,13H2,1-2H3,(H2,27,31)(H,28,32)(H,33,34). The number of carbonyl (C=O) groups is 3. The van der Waals surface area contributed by atoms with Crippen molar-refractivity contribution in [2.24, 2.45) is 5.73 Å². The maximum Gasteiger partial charge on any atom is 0.329 e. The van der Waals surface area contributed by atoms with Gasteiger partial charge in [0.05, 0.1) is 6.04 Å². The number of fused-ring (bicyclic) bond motifs is 1. The molecule has 4 rings (SSSR count). The van der Waals surface area contributed by atoms with Gasteiger partial charge in [0.2, 0.25) is 5.91 Å². The van der Waals surface area contributed by atoms with Gasteiger partial charge < -0.3 is 16.2 Å². The van der Waals surface area contributed by atoms with E-state index in [9.17, 15) is 19.5 Å². The number of anilines is 1. The van der Waals surface area contributed by atoms with E-state index < -0.39 is 29.5 Å². The molecule has 3 unspecified atom stereocenters. The number of nitrogens with zero attached hydrogens (tertiary/aromatic N) is 1. The van der Waals surface area contributed by atoms with E-state index in [0.717, 1.165) is 46.1 Å². The number of rotatable bonds is 8. The van der Waals surface area contributed by atoms with Crippen LogP contribution in [0, 0.1) is 0 Å². The highest BCUT2D eigenvalue weighted by Crippen LogP contribution is 2.45. The predicted octanol–water partition coefficient (Wildman–Crippen LogP) is 3.04. The summed E-state index contributed by atoms with van der Waals surface area (Å²) in [7, 11) is 0. The van der Waals surface area contributed by atoms with Crippen LogP contribution in [0.15, 0.2) is 39.9 Å². The molecule has 9 heteroatoms. The number of aliphatic carboxylic acids is 1. The van der Waals surface area contributed by atoms with Gasteiger partial charge in [0.1, 0.15) is 0 Å². The normalized spacial score (nSPS) is 25.9. The first-order valence-electron chi connectivity index (χ1n) is 11.8. The van der Waals surface area contributed by atoms with Crippen LogP contribution in [0.2, 0.25) is 0 Å².